The number of hydrogen-bond donors (Lipinski definition) is 5. The van der Waals surface area contributed by atoms with Crippen molar-refractivity contribution in [2.45, 2.75) is 32.0 Å². The zero-order valence-corrected chi connectivity index (χ0v) is 12.1. The molecule has 1 aromatic rings. The molecule has 6 nitrogen and oxygen atoms in total. The molecule has 0 saturated carbocycles. The minimum atomic E-state index is -0.300. The highest BCUT2D eigenvalue weighted by molar-refractivity contribution is 5.27. The van der Waals surface area contributed by atoms with Crippen LogP contribution in [-0.2, 0) is 11.4 Å². The lowest BCUT2D eigenvalue weighted by atomic mass is 10.1. The number of nitrogens with one attached hydrogen (secondary N) is 5. The Morgan fingerprint density at radius 3 is 2.95 bits per heavy atom. The first-order valence-corrected chi connectivity index (χ1v) is 7.35. The van der Waals surface area contributed by atoms with E-state index in [1.165, 1.54) is 0 Å². The van der Waals surface area contributed by atoms with Gasteiger partial charge in [-0.15, -0.1) is 0 Å². The third-order valence-electron chi connectivity index (χ3n) is 3.73. The van der Waals surface area contributed by atoms with Crippen LogP contribution in [0.5, 0.6) is 0 Å². The Morgan fingerprint density at radius 1 is 1.38 bits per heavy atom. The highest BCUT2D eigenvalue weighted by Crippen LogP contribution is 2.20. The summed E-state index contributed by atoms with van der Waals surface area (Å²) in [6.07, 6.45) is -0.194. The summed E-state index contributed by atoms with van der Waals surface area (Å²) >= 11 is 0. The van der Waals surface area contributed by atoms with Gasteiger partial charge in [-0.05, 0) is 18.6 Å². The second-order valence-electron chi connectivity index (χ2n) is 5.43. The lowest BCUT2D eigenvalue weighted by molar-refractivity contribution is 0.0327. The number of hydroxylamine groups is 1. The van der Waals surface area contributed by atoms with Crippen molar-refractivity contribution >= 4 is 0 Å². The van der Waals surface area contributed by atoms with Gasteiger partial charge in [0.15, 0.2) is 0 Å². The normalized spacial score (nSPS) is 29.7. The Kier molecular flexibility index (Phi) is 4.79. The van der Waals surface area contributed by atoms with Gasteiger partial charge in [-0.1, -0.05) is 12.1 Å². The van der Waals surface area contributed by atoms with Crippen molar-refractivity contribution in [2.24, 2.45) is 0 Å². The first kappa shape index (κ1) is 14.8. The fourth-order valence-corrected chi connectivity index (χ4v) is 2.58. The number of benzene rings is 1. The van der Waals surface area contributed by atoms with E-state index in [0.29, 0.717) is 12.1 Å². The largest absolute Gasteiger partial charge is 0.313 e. The maximum absolute atomic E-state index is 14.2. The SMILES string of the molecule is CC1NC(c2ccc(CNC3CNCCN3)cc2F)NO1. The molecule has 2 aliphatic rings. The topological polar surface area (TPSA) is 69.4 Å². The van der Waals surface area contributed by atoms with Crippen molar-refractivity contribution in [2.75, 3.05) is 19.6 Å². The molecule has 0 bridgehead atoms. The molecule has 0 spiro atoms. The van der Waals surface area contributed by atoms with Crippen LogP contribution in [0.3, 0.4) is 0 Å². The number of hydrogen-bond acceptors (Lipinski definition) is 6. The number of rotatable bonds is 4. The second-order valence-corrected chi connectivity index (χ2v) is 5.43. The van der Waals surface area contributed by atoms with Crippen molar-refractivity contribution in [3.63, 3.8) is 0 Å². The standard InChI is InChI=1S/C14H22FN5O/c1-9-19-14(20-21-9)11-3-2-10(6-12(11)15)7-18-13-8-16-4-5-17-13/h2-3,6,9,13-14,16-20H,4-5,7-8H2,1H3. The number of halogens is 1. The van der Waals surface area contributed by atoms with Gasteiger partial charge >= 0.3 is 0 Å². The van der Waals surface area contributed by atoms with Gasteiger partial charge in [-0.2, -0.15) is 5.48 Å². The van der Waals surface area contributed by atoms with Crippen molar-refractivity contribution in [3.8, 4) is 0 Å². The summed E-state index contributed by atoms with van der Waals surface area (Å²) in [4.78, 5) is 5.18. The summed E-state index contributed by atoms with van der Waals surface area (Å²) in [5.74, 6) is -0.230. The molecule has 116 valence electrons. The van der Waals surface area contributed by atoms with Gasteiger partial charge in [0.25, 0.3) is 0 Å². The molecule has 3 atom stereocenters. The maximum atomic E-state index is 14.2. The average Bonchev–Trinajstić information content (AvgIpc) is 2.92. The fraction of sp³-hybridized carbons (Fsp3) is 0.571. The summed E-state index contributed by atoms with van der Waals surface area (Å²) in [6, 6.07) is 5.31. The van der Waals surface area contributed by atoms with Crippen LogP contribution in [0.25, 0.3) is 0 Å². The van der Waals surface area contributed by atoms with E-state index in [2.05, 4.69) is 26.7 Å². The molecule has 5 N–H and O–H groups in total. The van der Waals surface area contributed by atoms with Crippen molar-refractivity contribution in [3.05, 3.63) is 35.1 Å². The molecule has 2 fully saturated rings. The molecule has 0 aromatic heterocycles. The molecule has 0 radical (unpaired) electrons. The van der Waals surface area contributed by atoms with Crippen LogP contribution in [0, 0.1) is 5.82 Å². The lowest BCUT2D eigenvalue weighted by Gasteiger charge is -2.25. The minimum absolute atomic E-state index is 0.124. The molecule has 3 unspecified atom stereocenters. The quantitative estimate of drug-likeness (QED) is 0.535. The molecule has 1 aromatic carbocycles. The minimum Gasteiger partial charge on any atom is -0.313 e. The highest BCUT2D eigenvalue weighted by atomic mass is 19.1. The van der Waals surface area contributed by atoms with Crippen molar-refractivity contribution in [1.82, 2.24) is 26.7 Å². The van der Waals surface area contributed by atoms with Crippen LogP contribution >= 0.6 is 0 Å². The summed E-state index contributed by atoms with van der Waals surface area (Å²) in [5, 5.41) is 13.1. The van der Waals surface area contributed by atoms with E-state index in [9.17, 15) is 4.39 Å². The molecule has 2 aliphatic heterocycles. The Morgan fingerprint density at radius 2 is 2.29 bits per heavy atom. The van der Waals surface area contributed by atoms with E-state index in [1.54, 1.807) is 12.1 Å². The molecule has 2 heterocycles. The Labute approximate surface area is 123 Å². The highest BCUT2D eigenvalue weighted by Gasteiger charge is 2.24. The van der Waals surface area contributed by atoms with Crippen molar-refractivity contribution < 1.29 is 9.23 Å². The predicted octanol–water partition coefficient (Wildman–Crippen LogP) is -0.0968. The molecule has 0 amide bonds. The molecular formula is C14H22FN5O. The van der Waals surface area contributed by atoms with Crippen LogP contribution < -0.4 is 26.7 Å². The summed E-state index contributed by atoms with van der Waals surface area (Å²) in [6.45, 7) is 5.32. The van der Waals surface area contributed by atoms with Crippen LogP contribution in [0.1, 0.15) is 24.2 Å². The van der Waals surface area contributed by atoms with Gasteiger partial charge in [0.2, 0.25) is 0 Å². The van der Waals surface area contributed by atoms with E-state index < -0.39 is 0 Å². The molecule has 2 saturated heterocycles. The van der Waals surface area contributed by atoms with Gasteiger partial charge in [0, 0.05) is 31.7 Å². The Hall–Kier alpha value is -1.09. The molecule has 0 aliphatic carbocycles. The third-order valence-corrected chi connectivity index (χ3v) is 3.73. The molecule has 21 heavy (non-hydrogen) atoms. The predicted molar refractivity (Wildman–Crippen MR) is 77.5 cm³/mol. The monoisotopic (exact) mass is 295 g/mol. The summed E-state index contributed by atoms with van der Waals surface area (Å²) < 4.78 is 14.2. The fourth-order valence-electron chi connectivity index (χ4n) is 2.58. The van der Waals surface area contributed by atoms with Crippen LogP contribution in [0.2, 0.25) is 0 Å². The van der Waals surface area contributed by atoms with Crippen LogP contribution in [0.4, 0.5) is 4.39 Å². The van der Waals surface area contributed by atoms with Gasteiger partial charge in [-0.25, -0.2) is 4.39 Å². The molecule has 3 rings (SSSR count). The van der Waals surface area contributed by atoms with Gasteiger partial charge in [0.05, 0.1) is 6.17 Å². The van der Waals surface area contributed by atoms with Crippen LogP contribution in [-0.4, -0.2) is 32.0 Å². The van der Waals surface area contributed by atoms with E-state index in [0.717, 1.165) is 25.2 Å². The number of piperazine rings is 1. The maximum Gasteiger partial charge on any atom is 0.129 e. The summed E-state index contributed by atoms with van der Waals surface area (Å²) in [7, 11) is 0. The lowest BCUT2D eigenvalue weighted by Crippen LogP contribution is -2.55. The van der Waals surface area contributed by atoms with Crippen LogP contribution in [0.15, 0.2) is 18.2 Å². The Balaban J connectivity index is 1.58. The van der Waals surface area contributed by atoms with E-state index in [1.807, 2.05) is 13.0 Å². The van der Waals surface area contributed by atoms with Gasteiger partial charge < -0.3 is 5.32 Å². The summed E-state index contributed by atoms with van der Waals surface area (Å²) in [5.41, 5.74) is 4.28. The van der Waals surface area contributed by atoms with E-state index >= 15 is 0 Å². The smallest absolute Gasteiger partial charge is 0.129 e. The van der Waals surface area contributed by atoms with Crippen molar-refractivity contribution in [1.29, 1.82) is 0 Å². The first-order chi connectivity index (χ1) is 10.2. The third kappa shape index (κ3) is 3.76. The Bertz CT molecular complexity index is 480. The second kappa shape index (κ2) is 6.78. The molecule has 7 heteroatoms. The zero-order valence-electron chi connectivity index (χ0n) is 12.1. The molecular weight excluding hydrogens is 273 g/mol. The van der Waals surface area contributed by atoms with E-state index in [-0.39, 0.29) is 24.4 Å². The van der Waals surface area contributed by atoms with E-state index in [4.69, 9.17) is 4.84 Å². The van der Waals surface area contributed by atoms with Gasteiger partial charge in [-0.3, -0.25) is 20.8 Å². The van der Waals surface area contributed by atoms with Gasteiger partial charge in [0.1, 0.15) is 18.2 Å². The average molecular weight is 295 g/mol. The first-order valence-electron chi connectivity index (χ1n) is 7.35. The zero-order chi connectivity index (χ0) is 14.7.